The topological polar surface area (TPSA) is 26.0 Å². The summed E-state index contributed by atoms with van der Waals surface area (Å²) in [5, 5.41) is 1.24. The standard InChI is InChI=1S/C12H17Cl2N/c1-3-12(15,4-2)8-9-6-5-7-10(13)11(9)14/h5-7H,3-4,8,15H2,1-2H3. The maximum atomic E-state index is 6.25. The molecule has 0 radical (unpaired) electrons. The number of nitrogens with two attached hydrogens (primary N) is 1. The molecule has 1 aromatic rings. The SMILES string of the molecule is CCC(N)(CC)Cc1cccc(Cl)c1Cl. The zero-order valence-electron chi connectivity index (χ0n) is 9.19. The van der Waals surface area contributed by atoms with Crippen molar-refractivity contribution in [3.05, 3.63) is 33.8 Å². The van der Waals surface area contributed by atoms with Gasteiger partial charge in [-0.05, 0) is 30.9 Å². The van der Waals surface area contributed by atoms with Gasteiger partial charge in [0.2, 0.25) is 0 Å². The lowest BCUT2D eigenvalue weighted by molar-refractivity contribution is 0.393. The van der Waals surface area contributed by atoms with Gasteiger partial charge < -0.3 is 5.73 Å². The third-order valence-electron chi connectivity index (χ3n) is 2.98. The van der Waals surface area contributed by atoms with Crippen molar-refractivity contribution in [3.63, 3.8) is 0 Å². The molecule has 0 aromatic heterocycles. The highest BCUT2D eigenvalue weighted by Crippen LogP contribution is 2.29. The fourth-order valence-corrected chi connectivity index (χ4v) is 1.95. The van der Waals surface area contributed by atoms with E-state index < -0.39 is 0 Å². The minimum atomic E-state index is -0.172. The third kappa shape index (κ3) is 3.10. The Bertz CT molecular complexity index is 332. The molecule has 0 heterocycles. The van der Waals surface area contributed by atoms with Crippen molar-refractivity contribution < 1.29 is 0 Å². The van der Waals surface area contributed by atoms with Crippen LogP contribution in [-0.4, -0.2) is 5.54 Å². The van der Waals surface area contributed by atoms with Crippen molar-refractivity contribution in [3.8, 4) is 0 Å². The molecule has 0 amide bonds. The van der Waals surface area contributed by atoms with E-state index in [1.807, 2.05) is 12.1 Å². The molecule has 1 aromatic carbocycles. The third-order valence-corrected chi connectivity index (χ3v) is 3.84. The maximum absolute atomic E-state index is 6.25. The average molecular weight is 246 g/mol. The van der Waals surface area contributed by atoms with E-state index in [-0.39, 0.29) is 5.54 Å². The molecule has 3 heteroatoms. The summed E-state index contributed by atoms with van der Waals surface area (Å²) in [5.41, 5.74) is 7.11. The Morgan fingerprint density at radius 2 is 1.80 bits per heavy atom. The van der Waals surface area contributed by atoms with Crippen LogP contribution in [-0.2, 0) is 6.42 Å². The fraction of sp³-hybridized carbons (Fsp3) is 0.500. The van der Waals surface area contributed by atoms with Crippen molar-refractivity contribution in [1.82, 2.24) is 0 Å². The first-order valence-electron chi connectivity index (χ1n) is 5.24. The van der Waals surface area contributed by atoms with Gasteiger partial charge in [-0.15, -0.1) is 0 Å². The predicted octanol–water partition coefficient (Wildman–Crippen LogP) is 4.05. The van der Waals surface area contributed by atoms with Gasteiger partial charge >= 0.3 is 0 Å². The monoisotopic (exact) mass is 245 g/mol. The largest absolute Gasteiger partial charge is 0.325 e. The normalized spacial score (nSPS) is 11.8. The molecule has 0 saturated carbocycles. The lowest BCUT2D eigenvalue weighted by Crippen LogP contribution is -2.40. The van der Waals surface area contributed by atoms with E-state index in [1.54, 1.807) is 6.07 Å². The van der Waals surface area contributed by atoms with Crippen LogP contribution in [0.2, 0.25) is 10.0 Å². The first-order chi connectivity index (χ1) is 7.02. The molecule has 0 atom stereocenters. The number of halogens is 2. The Kier molecular flexibility index (Phi) is 4.45. The second-order valence-electron chi connectivity index (χ2n) is 3.96. The quantitative estimate of drug-likeness (QED) is 0.851. The lowest BCUT2D eigenvalue weighted by Gasteiger charge is -2.27. The summed E-state index contributed by atoms with van der Waals surface area (Å²) < 4.78 is 0. The molecule has 0 unspecified atom stereocenters. The van der Waals surface area contributed by atoms with Crippen molar-refractivity contribution >= 4 is 23.2 Å². The van der Waals surface area contributed by atoms with Crippen LogP contribution in [0.3, 0.4) is 0 Å². The molecule has 0 aliphatic carbocycles. The van der Waals surface area contributed by atoms with E-state index in [1.165, 1.54) is 0 Å². The Labute approximate surface area is 102 Å². The zero-order chi connectivity index (χ0) is 11.5. The first kappa shape index (κ1) is 12.8. The number of hydrogen-bond donors (Lipinski definition) is 1. The molecule has 0 aliphatic heterocycles. The molecule has 84 valence electrons. The van der Waals surface area contributed by atoms with Gasteiger partial charge in [-0.2, -0.15) is 0 Å². The minimum absolute atomic E-state index is 0.172. The summed E-state index contributed by atoms with van der Waals surface area (Å²) in [5.74, 6) is 0. The van der Waals surface area contributed by atoms with E-state index in [4.69, 9.17) is 28.9 Å². The summed E-state index contributed by atoms with van der Waals surface area (Å²) >= 11 is 12.1. The summed E-state index contributed by atoms with van der Waals surface area (Å²) in [4.78, 5) is 0. The van der Waals surface area contributed by atoms with Crippen molar-refractivity contribution in [2.45, 2.75) is 38.6 Å². The molecule has 0 saturated heterocycles. The Morgan fingerprint density at radius 3 is 2.33 bits per heavy atom. The maximum Gasteiger partial charge on any atom is 0.0624 e. The van der Waals surface area contributed by atoms with Crippen molar-refractivity contribution in [1.29, 1.82) is 0 Å². The van der Waals surface area contributed by atoms with E-state index in [2.05, 4.69) is 13.8 Å². The van der Waals surface area contributed by atoms with Gasteiger partial charge in [-0.1, -0.05) is 49.2 Å². The molecule has 0 bridgehead atoms. The molecule has 1 rings (SSSR count). The predicted molar refractivity (Wildman–Crippen MR) is 67.7 cm³/mol. The van der Waals surface area contributed by atoms with Gasteiger partial charge in [0.1, 0.15) is 0 Å². The van der Waals surface area contributed by atoms with E-state index in [9.17, 15) is 0 Å². The molecular formula is C12H17Cl2N. The van der Waals surface area contributed by atoms with E-state index >= 15 is 0 Å². The van der Waals surface area contributed by atoms with Crippen LogP contribution in [0.5, 0.6) is 0 Å². The highest BCUT2D eigenvalue weighted by atomic mass is 35.5. The summed E-state index contributed by atoms with van der Waals surface area (Å²) in [7, 11) is 0. The fourth-order valence-electron chi connectivity index (χ4n) is 1.56. The molecule has 0 spiro atoms. The lowest BCUT2D eigenvalue weighted by atomic mass is 9.87. The van der Waals surface area contributed by atoms with Gasteiger partial charge in [0.25, 0.3) is 0 Å². The number of hydrogen-bond acceptors (Lipinski definition) is 1. The van der Waals surface area contributed by atoms with Gasteiger partial charge in [-0.3, -0.25) is 0 Å². The molecule has 2 N–H and O–H groups in total. The van der Waals surface area contributed by atoms with Gasteiger partial charge in [0.15, 0.2) is 0 Å². The minimum Gasteiger partial charge on any atom is -0.325 e. The highest BCUT2D eigenvalue weighted by molar-refractivity contribution is 6.42. The first-order valence-corrected chi connectivity index (χ1v) is 6.00. The number of benzene rings is 1. The highest BCUT2D eigenvalue weighted by Gasteiger charge is 2.22. The summed E-state index contributed by atoms with van der Waals surface area (Å²) in [6, 6.07) is 5.69. The van der Waals surface area contributed by atoms with Crippen LogP contribution < -0.4 is 5.73 Å². The van der Waals surface area contributed by atoms with Crippen LogP contribution in [0.4, 0.5) is 0 Å². The molecule has 0 fully saturated rings. The van der Waals surface area contributed by atoms with Crippen LogP contribution in [0, 0.1) is 0 Å². The second-order valence-corrected chi connectivity index (χ2v) is 4.74. The van der Waals surface area contributed by atoms with Crippen LogP contribution >= 0.6 is 23.2 Å². The smallest absolute Gasteiger partial charge is 0.0624 e. The van der Waals surface area contributed by atoms with Gasteiger partial charge in [0, 0.05) is 5.54 Å². The Balaban J connectivity index is 2.94. The van der Waals surface area contributed by atoms with Crippen molar-refractivity contribution in [2.75, 3.05) is 0 Å². The summed E-state index contributed by atoms with van der Waals surface area (Å²) in [6.45, 7) is 4.20. The van der Waals surface area contributed by atoms with Crippen molar-refractivity contribution in [2.24, 2.45) is 5.73 Å². The van der Waals surface area contributed by atoms with Gasteiger partial charge in [-0.25, -0.2) is 0 Å². The second kappa shape index (κ2) is 5.20. The summed E-state index contributed by atoms with van der Waals surface area (Å²) in [6.07, 6.45) is 2.65. The molecule has 15 heavy (non-hydrogen) atoms. The Morgan fingerprint density at radius 1 is 1.20 bits per heavy atom. The zero-order valence-corrected chi connectivity index (χ0v) is 10.7. The van der Waals surface area contributed by atoms with Crippen LogP contribution in [0.15, 0.2) is 18.2 Å². The van der Waals surface area contributed by atoms with Gasteiger partial charge in [0.05, 0.1) is 10.0 Å². The van der Waals surface area contributed by atoms with Crippen LogP contribution in [0.1, 0.15) is 32.3 Å². The van der Waals surface area contributed by atoms with E-state index in [0.29, 0.717) is 10.0 Å². The average Bonchev–Trinajstić information content (AvgIpc) is 2.25. The van der Waals surface area contributed by atoms with E-state index in [0.717, 1.165) is 24.8 Å². The molecular weight excluding hydrogens is 229 g/mol. The van der Waals surface area contributed by atoms with Crippen LogP contribution in [0.25, 0.3) is 0 Å². The molecule has 0 aliphatic rings. The number of rotatable bonds is 4. The molecule has 1 nitrogen and oxygen atoms in total. The Hall–Kier alpha value is -0.240.